The van der Waals surface area contributed by atoms with Crippen LogP contribution in [0.1, 0.15) is 19.5 Å². The van der Waals surface area contributed by atoms with E-state index in [1.807, 2.05) is 23.6 Å². The Kier molecular flexibility index (Phi) is 6.94. The molecule has 1 saturated heterocycles. The summed E-state index contributed by atoms with van der Waals surface area (Å²) in [7, 11) is -4.56. The van der Waals surface area contributed by atoms with Gasteiger partial charge in [0.25, 0.3) is 0 Å². The van der Waals surface area contributed by atoms with Crippen molar-refractivity contribution < 1.29 is 13.2 Å². The highest BCUT2D eigenvalue weighted by Gasteiger charge is 2.54. The number of aromatic nitrogens is 4. The van der Waals surface area contributed by atoms with Gasteiger partial charge in [0.05, 0.1) is 40.7 Å². The van der Waals surface area contributed by atoms with Gasteiger partial charge in [0.2, 0.25) is 10.0 Å². The van der Waals surface area contributed by atoms with Crippen LogP contribution in [-0.2, 0) is 26.9 Å². The largest absolute Gasteiger partial charge is 0.361 e. The number of hydrogen-bond acceptors (Lipinski definition) is 6. The van der Waals surface area contributed by atoms with Gasteiger partial charge >= 0.3 is 0 Å². The second kappa shape index (κ2) is 9.50. The molecular formula is C24H34N6O3SSi. The fraction of sp³-hybridized carbons (Fsp3) is 0.542. The molecule has 0 aromatic carbocycles. The van der Waals surface area contributed by atoms with E-state index >= 15 is 0 Å². The molecule has 1 aliphatic heterocycles. The van der Waals surface area contributed by atoms with Gasteiger partial charge in [0, 0.05) is 44.9 Å². The highest BCUT2D eigenvalue weighted by Crippen LogP contribution is 2.45. The zero-order valence-electron chi connectivity index (χ0n) is 21.1. The zero-order chi connectivity index (χ0) is 25.4. The van der Waals surface area contributed by atoms with E-state index in [-0.39, 0.29) is 18.8 Å². The van der Waals surface area contributed by atoms with Crippen molar-refractivity contribution in [2.75, 3.05) is 25.4 Å². The number of hydrogen-bond donors (Lipinski definition) is 1. The molecule has 1 N–H and O–H groups in total. The summed E-state index contributed by atoms with van der Waals surface area (Å²) in [5.41, 5.74) is 2.65. The number of nitrogens with one attached hydrogen (secondary N) is 1. The van der Waals surface area contributed by atoms with E-state index < -0.39 is 29.4 Å². The van der Waals surface area contributed by atoms with Gasteiger partial charge in [-0.15, -0.1) is 0 Å². The number of H-pyrrole nitrogens is 1. The highest BCUT2D eigenvalue weighted by atomic mass is 32.2. The van der Waals surface area contributed by atoms with Crippen LogP contribution in [0.15, 0.2) is 30.6 Å². The minimum absolute atomic E-state index is 0.0362. The minimum Gasteiger partial charge on any atom is -0.361 e. The van der Waals surface area contributed by atoms with Crippen molar-refractivity contribution in [3.8, 4) is 17.3 Å². The SMILES string of the molecule is CCS(=O)(=O)N1CC(c2[nH]ncc2-c2cc3cccnc3n2COCC[Si](C)(C)C)(C(C)C#N)C1. The summed E-state index contributed by atoms with van der Waals surface area (Å²) in [5.74, 6) is -0.372. The summed E-state index contributed by atoms with van der Waals surface area (Å²) in [6, 6.07) is 9.39. The van der Waals surface area contributed by atoms with Crippen LogP contribution in [0.5, 0.6) is 0 Å². The van der Waals surface area contributed by atoms with Crippen LogP contribution in [0.3, 0.4) is 0 Å². The van der Waals surface area contributed by atoms with E-state index in [9.17, 15) is 13.7 Å². The van der Waals surface area contributed by atoms with Crippen molar-refractivity contribution >= 4 is 29.1 Å². The standard InChI is InChI=1S/C24H34N6O3SSi/c1-6-34(31,32)29-15-24(16-29,18(2)13-25)22-20(14-27-28-22)21-12-19-8-7-9-26-23(19)30(21)17-33-10-11-35(3,4)5/h7-9,12,14,18H,6,10-11,15-17H2,1-5H3,(H,27,28). The third-order valence-electron chi connectivity index (χ3n) is 6.98. The Morgan fingerprint density at radius 1 is 1.34 bits per heavy atom. The molecule has 0 aliphatic carbocycles. The Morgan fingerprint density at radius 3 is 2.74 bits per heavy atom. The Morgan fingerprint density at radius 2 is 2.09 bits per heavy atom. The lowest BCUT2D eigenvalue weighted by atomic mass is 9.68. The second-order valence-corrected chi connectivity index (χ2v) is 18.4. The molecule has 1 aliphatic rings. The first kappa shape index (κ1) is 25.6. The van der Waals surface area contributed by atoms with E-state index in [1.54, 1.807) is 19.3 Å². The highest BCUT2D eigenvalue weighted by molar-refractivity contribution is 7.89. The van der Waals surface area contributed by atoms with Crippen LogP contribution >= 0.6 is 0 Å². The number of nitriles is 1. The first-order valence-electron chi connectivity index (χ1n) is 12.0. The Bertz CT molecular complexity index is 1350. The molecular weight excluding hydrogens is 480 g/mol. The maximum atomic E-state index is 12.5. The van der Waals surface area contributed by atoms with E-state index in [2.05, 4.69) is 47.0 Å². The normalized spacial score (nSPS) is 17.3. The maximum absolute atomic E-state index is 12.5. The second-order valence-electron chi connectivity index (χ2n) is 10.6. The number of rotatable bonds is 10. The Labute approximate surface area is 208 Å². The van der Waals surface area contributed by atoms with Gasteiger partial charge in [-0.1, -0.05) is 19.6 Å². The van der Waals surface area contributed by atoms with Crippen LogP contribution < -0.4 is 0 Å². The number of ether oxygens (including phenoxy) is 1. The summed E-state index contributed by atoms with van der Waals surface area (Å²) < 4.78 is 34.6. The number of aromatic amines is 1. The fourth-order valence-electron chi connectivity index (χ4n) is 4.57. The molecule has 9 nitrogen and oxygen atoms in total. The molecule has 0 spiro atoms. The quantitative estimate of drug-likeness (QED) is 0.325. The van der Waals surface area contributed by atoms with E-state index in [0.29, 0.717) is 13.3 Å². The topological polar surface area (TPSA) is 117 Å². The molecule has 35 heavy (non-hydrogen) atoms. The molecule has 11 heteroatoms. The predicted octanol–water partition coefficient (Wildman–Crippen LogP) is 3.80. The zero-order valence-corrected chi connectivity index (χ0v) is 22.9. The summed E-state index contributed by atoms with van der Waals surface area (Å²) in [5, 5.41) is 18.3. The monoisotopic (exact) mass is 514 g/mol. The van der Waals surface area contributed by atoms with Crippen LogP contribution in [0.4, 0.5) is 0 Å². The summed E-state index contributed by atoms with van der Waals surface area (Å²) in [4.78, 5) is 4.59. The lowest BCUT2D eigenvalue weighted by Crippen LogP contribution is -2.64. The Hall–Kier alpha value is -2.52. The molecule has 1 fully saturated rings. The minimum atomic E-state index is -3.34. The smallest absolute Gasteiger partial charge is 0.213 e. The van der Waals surface area contributed by atoms with Crippen LogP contribution in [-0.4, -0.2) is 66.0 Å². The third kappa shape index (κ3) is 4.80. The van der Waals surface area contributed by atoms with Gasteiger partial charge in [0.1, 0.15) is 12.4 Å². The maximum Gasteiger partial charge on any atom is 0.213 e. The third-order valence-corrected chi connectivity index (χ3v) is 10.5. The lowest BCUT2D eigenvalue weighted by Gasteiger charge is -2.50. The molecule has 0 bridgehead atoms. The van der Waals surface area contributed by atoms with Crippen LogP contribution in [0.2, 0.25) is 25.7 Å². The van der Waals surface area contributed by atoms with Crippen LogP contribution in [0.25, 0.3) is 22.3 Å². The first-order chi connectivity index (χ1) is 16.5. The average molecular weight is 515 g/mol. The van der Waals surface area contributed by atoms with Gasteiger partial charge in [0.15, 0.2) is 0 Å². The number of nitrogens with zero attached hydrogens (tertiary/aromatic N) is 5. The van der Waals surface area contributed by atoms with Crippen molar-refractivity contribution in [3.63, 3.8) is 0 Å². The van der Waals surface area contributed by atoms with Gasteiger partial charge in [-0.25, -0.2) is 13.4 Å². The molecule has 3 aromatic rings. The lowest BCUT2D eigenvalue weighted by molar-refractivity contribution is 0.0907. The van der Waals surface area contributed by atoms with Gasteiger partial charge in [-0.3, -0.25) is 5.10 Å². The van der Waals surface area contributed by atoms with Crippen molar-refractivity contribution in [1.29, 1.82) is 5.26 Å². The molecule has 4 heterocycles. The predicted molar refractivity (Wildman–Crippen MR) is 139 cm³/mol. The van der Waals surface area contributed by atoms with E-state index in [4.69, 9.17) is 4.74 Å². The molecule has 0 amide bonds. The van der Waals surface area contributed by atoms with Crippen molar-refractivity contribution in [2.45, 2.75) is 51.7 Å². The first-order valence-corrected chi connectivity index (χ1v) is 17.3. The molecule has 4 rings (SSSR count). The molecule has 188 valence electrons. The molecule has 0 radical (unpaired) electrons. The van der Waals surface area contributed by atoms with Gasteiger partial charge < -0.3 is 9.30 Å². The van der Waals surface area contributed by atoms with E-state index in [0.717, 1.165) is 34.0 Å². The summed E-state index contributed by atoms with van der Waals surface area (Å²) in [6.07, 6.45) is 3.52. The molecule has 0 saturated carbocycles. The fourth-order valence-corrected chi connectivity index (χ4v) is 6.55. The van der Waals surface area contributed by atoms with Gasteiger partial charge in [-0.2, -0.15) is 14.7 Å². The van der Waals surface area contributed by atoms with Crippen molar-refractivity contribution in [1.82, 2.24) is 24.1 Å². The van der Waals surface area contributed by atoms with Crippen molar-refractivity contribution in [2.24, 2.45) is 5.92 Å². The van der Waals surface area contributed by atoms with Gasteiger partial charge in [-0.05, 0) is 38.1 Å². The van der Waals surface area contributed by atoms with Crippen LogP contribution in [0, 0.1) is 17.2 Å². The molecule has 3 aromatic heterocycles. The number of fused-ring (bicyclic) bond motifs is 1. The Balaban J connectivity index is 1.73. The van der Waals surface area contributed by atoms with E-state index in [1.165, 1.54) is 4.31 Å². The molecule has 1 unspecified atom stereocenters. The van der Waals surface area contributed by atoms with Crippen molar-refractivity contribution in [3.05, 3.63) is 36.3 Å². The molecule has 1 atom stereocenters. The average Bonchev–Trinajstić information content (AvgIpc) is 3.40. The number of sulfonamides is 1. The summed E-state index contributed by atoms with van der Waals surface area (Å²) in [6.45, 7) is 12.0. The number of pyridine rings is 1. The summed E-state index contributed by atoms with van der Waals surface area (Å²) >= 11 is 0.